The number of hydrogen-bond donors (Lipinski definition) is 3. The minimum absolute atomic E-state index is 0.0506. The lowest BCUT2D eigenvalue weighted by molar-refractivity contribution is -0.118. The number of rotatable bonds is 5. The van der Waals surface area contributed by atoms with Crippen LogP contribution in [0, 0.1) is 24.2 Å². The SMILES string of the molecule is Cc1ccc(NC=C(C#N)c2nn[nH]n2)cc1NC(=O)C(C)C. The van der Waals surface area contributed by atoms with Crippen LogP contribution in [0.25, 0.3) is 5.57 Å². The molecule has 0 radical (unpaired) electrons. The Balaban J connectivity index is 2.18. The molecular weight excluding hydrogens is 294 g/mol. The summed E-state index contributed by atoms with van der Waals surface area (Å²) in [7, 11) is 0. The van der Waals surface area contributed by atoms with Crippen molar-refractivity contribution in [3.8, 4) is 6.07 Å². The third-order valence-electron chi connectivity index (χ3n) is 3.11. The molecule has 0 bridgehead atoms. The minimum atomic E-state index is -0.102. The second-order valence-corrected chi connectivity index (χ2v) is 5.22. The third kappa shape index (κ3) is 4.14. The summed E-state index contributed by atoms with van der Waals surface area (Å²) < 4.78 is 0. The number of nitrogens with zero attached hydrogens (tertiary/aromatic N) is 4. The highest BCUT2D eigenvalue weighted by molar-refractivity contribution is 5.93. The van der Waals surface area contributed by atoms with Gasteiger partial charge in [0.2, 0.25) is 11.7 Å². The number of aryl methyl sites for hydroxylation is 1. The Morgan fingerprint density at radius 2 is 2.22 bits per heavy atom. The second-order valence-electron chi connectivity index (χ2n) is 5.22. The Morgan fingerprint density at radius 3 is 2.83 bits per heavy atom. The van der Waals surface area contributed by atoms with E-state index in [1.54, 1.807) is 6.07 Å². The summed E-state index contributed by atoms with van der Waals surface area (Å²) in [6.45, 7) is 5.58. The van der Waals surface area contributed by atoms with E-state index < -0.39 is 0 Å². The van der Waals surface area contributed by atoms with Crippen LogP contribution in [0.2, 0.25) is 0 Å². The molecular formula is C15H17N7O. The third-order valence-corrected chi connectivity index (χ3v) is 3.11. The van der Waals surface area contributed by atoms with Gasteiger partial charge in [-0.1, -0.05) is 19.9 Å². The molecule has 0 saturated carbocycles. The van der Waals surface area contributed by atoms with Crippen molar-refractivity contribution < 1.29 is 4.79 Å². The summed E-state index contributed by atoms with van der Waals surface area (Å²) in [5, 5.41) is 28.2. The van der Waals surface area contributed by atoms with Gasteiger partial charge in [-0.3, -0.25) is 4.79 Å². The average Bonchev–Trinajstić information content (AvgIpc) is 3.05. The van der Waals surface area contributed by atoms with Crippen molar-refractivity contribution in [3.05, 3.63) is 35.8 Å². The molecule has 8 heteroatoms. The Kier molecular flexibility index (Phi) is 5.04. The molecule has 2 rings (SSSR count). The summed E-state index contributed by atoms with van der Waals surface area (Å²) in [6, 6.07) is 7.53. The van der Waals surface area contributed by atoms with Crippen LogP contribution in [0.5, 0.6) is 0 Å². The van der Waals surface area contributed by atoms with Gasteiger partial charge >= 0.3 is 0 Å². The van der Waals surface area contributed by atoms with Gasteiger partial charge in [0, 0.05) is 23.5 Å². The first-order valence-corrected chi connectivity index (χ1v) is 7.03. The van der Waals surface area contributed by atoms with E-state index in [4.69, 9.17) is 5.26 Å². The van der Waals surface area contributed by atoms with Gasteiger partial charge in [-0.05, 0) is 29.8 Å². The number of H-pyrrole nitrogens is 1. The smallest absolute Gasteiger partial charge is 0.226 e. The Labute approximate surface area is 133 Å². The summed E-state index contributed by atoms with van der Waals surface area (Å²) in [5.74, 6) is 0.0556. The zero-order valence-corrected chi connectivity index (χ0v) is 13.1. The van der Waals surface area contributed by atoms with E-state index in [1.165, 1.54) is 6.20 Å². The summed E-state index contributed by atoms with van der Waals surface area (Å²) in [6.07, 6.45) is 1.49. The monoisotopic (exact) mass is 311 g/mol. The minimum Gasteiger partial charge on any atom is -0.360 e. The molecule has 0 spiro atoms. The number of benzene rings is 1. The lowest BCUT2D eigenvalue weighted by Crippen LogP contribution is -2.18. The van der Waals surface area contributed by atoms with E-state index in [2.05, 4.69) is 31.3 Å². The number of allylic oxidation sites excluding steroid dienone is 1. The molecule has 0 aliphatic heterocycles. The van der Waals surface area contributed by atoms with E-state index in [0.29, 0.717) is 0 Å². The maximum Gasteiger partial charge on any atom is 0.226 e. The highest BCUT2D eigenvalue weighted by atomic mass is 16.1. The van der Waals surface area contributed by atoms with Gasteiger partial charge in [-0.25, -0.2) is 0 Å². The largest absolute Gasteiger partial charge is 0.360 e. The fraction of sp³-hybridized carbons (Fsp3) is 0.267. The van der Waals surface area contributed by atoms with Gasteiger partial charge in [0.15, 0.2) is 0 Å². The molecule has 0 aliphatic rings. The number of hydrogen-bond acceptors (Lipinski definition) is 6. The number of tetrazole rings is 1. The van der Waals surface area contributed by atoms with Crippen LogP contribution >= 0.6 is 0 Å². The molecule has 118 valence electrons. The first kappa shape index (κ1) is 16.2. The molecule has 8 nitrogen and oxygen atoms in total. The van der Waals surface area contributed by atoms with Crippen molar-refractivity contribution in [1.29, 1.82) is 5.26 Å². The number of anilines is 2. The topological polar surface area (TPSA) is 119 Å². The van der Waals surface area contributed by atoms with Gasteiger partial charge < -0.3 is 10.6 Å². The standard InChI is InChI=1S/C15H17N7O/c1-9(2)15(23)18-13-6-12(5-4-10(13)3)17-8-11(7-16)14-19-21-22-20-14/h4-6,8-9,17H,1-3H3,(H,18,23)(H,19,20,21,22). The van der Waals surface area contributed by atoms with Crippen LogP contribution in [0.15, 0.2) is 24.4 Å². The lowest BCUT2D eigenvalue weighted by Gasteiger charge is -2.12. The molecule has 3 N–H and O–H groups in total. The van der Waals surface area contributed by atoms with Crippen molar-refractivity contribution in [2.24, 2.45) is 5.92 Å². The van der Waals surface area contributed by atoms with E-state index in [1.807, 2.05) is 39.0 Å². The molecule has 1 aromatic carbocycles. The van der Waals surface area contributed by atoms with Crippen molar-refractivity contribution >= 4 is 22.9 Å². The molecule has 1 amide bonds. The molecule has 1 heterocycles. The maximum atomic E-state index is 11.8. The molecule has 23 heavy (non-hydrogen) atoms. The predicted octanol–water partition coefficient (Wildman–Crippen LogP) is 2.08. The van der Waals surface area contributed by atoms with Crippen LogP contribution in [0.4, 0.5) is 11.4 Å². The zero-order chi connectivity index (χ0) is 16.8. The van der Waals surface area contributed by atoms with Crippen LogP contribution in [0.3, 0.4) is 0 Å². The number of nitrogens with one attached hydrogen (secondary N) is 3. The first-order chi connectivity index (χ1) is 11.0. The molecule has 1 aromatic heterocycles. The van der Waals surface area contributed by atoms with Gasteiger partial charge in [-0.15, -0.1) is 10.2 Å². The molecule has 2 aromatic rings. The van der Waals surface area contributed by atoms with Crippen molar-refractivity contribution in [3.63, 3.8) is 0 Å². The average molecular weight is 311 g/mol. The number of aromatic amines is 1. The van der Waals surface area contributed by atoms with Crippen LogP contribution < -0.4 is 10.6 Å². The normalized spacial score (nSPS) is 11.2. The van der Waals surface area contributed by atoms with Crippen LogP contribution in [-0.4, -0.2) is 26.5 Å². The van der Waals surface area contributed by atoms with E-state index in [9.17, 15) is 4.79 Å². The Morgan fingerprint density at radius 1 is 1.43 bits per heavy atom. The van der Waals surface area contributed by atoms with Crippen LogP contribution in [0.1, 0.15) is 25.2 Å². The number of amides is 1. The molecule has 0 saturated heterocycles. The van der Waals surface area contributed by atoms with Crippen molar-refractivity contribution in [2.45, 2.75) is 20.8 Å². The molecule has 0 aliphatic carbocycles. The van der Waals surface area contributed by atoms with Gasteiger partial charge in [0.1, 0.15) is 11.6 Å². The van der Waals surface area contributed by atoms with Gasteiger partial charge in [0.25, 0.3) is 0 Å². The Hall–Kier alpha value is -3.21. The highest BCUT2D eigenvalue weighted by Crippen LogP contribution is 2.21. The summed E-state index contributed by atoms with van der Waals surface area (Å²) >= 11 is 0. The number of carbonyl (C=O) groups excluding carboxylic acids is 1. The summed E-state index contributed by atoms with van der Waals surface area (Å²) in [4.78, 5) is 11.8. The van der Waals surface area contributed by atoms with Gasteiger partial charge in [0.05, 0.1) is 0 Å². The number of aromatic nitrogens is 4. The number of carbonyl (C=O) groups is 1. The predicted molar refractivity (Wildman–Crippen MR) is 86.0 cm³/mol. The van der Waals surface area contributed by atoms with Crippen LogP contribution in [-0.2, 0) is 4.79 Å². The van der Waals surface area contributed by atoms with Crippen molar-refractivity contribution in [2.75, 3.05) is 10.6 Å². The molecule has 0 unspecified atom stereocenters. The van der Waals surface area contributed by atoms with E-state index in [0.717, 1.165) is 16.9 Å². The van der Waals surface area contributed by atoms with Gasteiger partial charge in [-0.2, -0.15) is 10.5 Å². The highest BCUT2D eigenvalue weighted by Gasteiger charge is 2.10. The fourth-order valence-corrected chi connectivity index (χ4v) is 1.70. The maximum absolute atomic E-state index is 11.8. The zero-order valence-electron chi connectivity index (χ0n) is 13.1. The van der Waals surface area contributed by atoms with E-state index >= 15 is 0 Å². The Bertz CT molecular complexity index is 757. The number of nitriles is 1. The first-order valence-electron chi connectivity index (χ1n) is 7.03. The second kappa shape index (κ2) is 7.17. The molecule has 0 atom stereocenters. The fourth-order valence-electron chi connectivity index (χ4n) is 1.70. The van der Waals surface area contributed by atoms with Crippen molar-refractivity contribution in [1.82, 2.24) is 20.6 Å². The quantitative estimate of drug-likeness (QED) is 0.727. The lowest BCUT2D eigenvalue weighted by atomic mass is 10.1. The summed E-state index contributed by atoms with van der Waals surface area (Å²) in [5.41, 5.74) is 2.64. The van der Waals surface area contributed by atoms with E-state index in [-0.39, 0.29) is 23.2 Å². The molecule has 0 fully saturated rings.